The summed E-state index contributed by atoms with van der Waals surface area (Å²) < 4.78 is 61.5. The third kappa shape index (κ3) is 7.35. The van der Waals surface area contributed by atoms with Crippen molar-refractivity contribution in [3.63, 3.8) is 0 Å². The Kier molecular flexibility index (Phi) is 10.0. The van der Waals surface area contributed by atoms with Crippen LogP contribution in [0.3, 0.4) is 0 Å². The van der Waals surface area contributed by atoms with Gasteiger partial charge in [0.15, 0.2) is 5.75 Å². The van der Waals surface area contributed by atoms with Crippen LogP contribution in [-0.2, 0) is 24.4 Å². The maximum absolute atomic E-state index is 13.7. The summed E-state index contributed by atoms with van der Waals surface area (Å²) in [7, 11) is -3.23. The van der Waals surface area contributed by atoms with Crippen LogP contribution >= 0.6 is 22.9 Å². The van der Waals surface area contributed by atoms with Crippen LogP contribution in [0, 0.1) is 0 Å². The van der Waals surface area contributed by atoms with E-state index in [4.69, 9.17) is 11.6 Å². The van der Waals surface area contributed by atoms with E-state index in [0.29, 0.717) is 17.2 Å². The summed E-state index contributed by atoms with van der Waals surface area (Å²) in [5, 5.41) is 2.48. The lowest BCUT2D eigenvalue weighted by Crippen LogP contribution is -2.58. The molecule has 1 atom stereocenters. The molecule has 12 nitrogen and oxygen atoms in total. The Morgan fingerprint density at radius 3 is 2.50 bits per heavy atom. The molecule has 2 fully saturated rings. The molecule has 2 aliphatic rings. The van der Waals surface area contributed by atoms with E-state index in [9.17, 15) is 36.4 Å². The van der Waals surface area contributed by atoms with Crippen molar-refractivity contribution in [3.05, 3.63) is 39.5 Å². The van der Waals surface area contributed by atoms with Gasteiger partial charge < -0.3 is 24.8 Å². The number of benzene rings is 1. The first-order valence-corrected chi connectivity index (χ1v) is 15.5. The first-order valence-electron chi connectivity index (χ1n) is 12.8. The molecule has 2 N–H and O–H groups in total. The highest BCUT2D eigenvalue weighted by molar-refractivity contribution is 7.89. The summed E-state index contributed by atoms with van der Waals surface area (Å²) in [4.78, 5) is 54.1. The van der Waals surface area contributed by atoms with E-state index in [0.717, 1.165) is 22.3 Å². The smallest absolute Gasteiger partial charge is 0.387 e. The molecule has 4 amide bonds. The largest absolute Gasteiger partial charge is 0.431 e. The molecule has 0 saturated carbocycles. The molecule has 2 saturated heterocycles. The minimum atomic E-state index is -4.79. The molecule has 1 aromatic heterocycles. The van der Waals surface area contributed by atoms with E-state index in [1.54, 1.807) is 7.05 Å². The van der Waals surface area contributed by atoms with Gasteiger partial charge >= 0.3 is 6.61 Å². The first-order chi connectivity index (χ1) is 19.9. The van der Waals surface area contributed by atoms with Crippen molar-refractivity contribution < 1.29 is 41.1 Å². The second-order valence-corrected chi connectivity index (χ2v) is 12.9. The van der Waals surface area contributed by atoms with Crippen molar-refractivity contribution in [2.24, 2.45) is 0 Å². The van der Waals surface area contributed by atoms with E-state index in [1.807, 2.05) is 0 Å². The van der Waals surface area contributed by atoms with Crippen LogP contribution in [0.15, 0.2) is 35.2 Å². The second kappa shape index (κ2) is 13.3. The average Bonchev–Trinajstić information content (AvgIpc) is 3.38. The van der Waals surface area contributed by atoms with Crippen LogP contribution in [0.1, 0.15) is 28.9 Å². The highest BCUT2D eigenvalue weighted by Gasteiger charge is 2.36. The van der Waals surface area contributed by atoms with Gasteiger partial charge in [-0.05, 0) is 37.1 Å². The van der Waals surface area contributed by atoms with Gasteiger partial charge in [-0.2, -0.15) is 13.5 Å². The lowest BCUT2D eigenvalue weighted by atomic mass is 10.1. The van der Waals surface area contributed by atoms with Crippen LogP contribution in [-0.4, -0.2) is 94.3 Å². The Morgan fingerprint density at radius 2 is 1.86 bits per heavy atom. The van der Waals surface area contributed by atoms with Gasteiger partial charge in [0.2, 0.25) is 27.7 Å². The number of piperazine rings is 1. The lowest BCUT2D eigenvalue weighted by Gasteiger charge is -2.34. The second-order valence-electron chi connectivity index (χ2n) is 9.55. The quantitative estimate of drug-likeness (QED) is 0.401. The zero-order chi connectivity index (χ0) is 30.6. The molecule has 4 rings (SSSR count). The van der Waals surface area contributed by atoms with Crippen molar-refractivity contribution >= 4 is 62.3 Å². The predicted molar refractivity (Wildman–Crippen MR) is 149 cm³/mol. The van der Waals surface area contributed by atoms with Gasteiger partial charge in [0.05, 0.1) is 21.4 Å². The number of hydrogen-bond donors (Lipinski definition) is 2. The molecule has 0 bridgehead atoms. The molecule has 17 heteroatoms. The van der Waals surface area contributed by atoms with Gasteiger partial charge in [-0.1, -0.05) is 17.7 Å². The lowest BCUT2D eigenvalue weighted by molar-refractivity contribution is -0.145. The molecular weight excluding hydrogens is 620 g/mol. The van der Waals surface area contributed by atoms with Crippen LogP contribution in [0.25, 0.3) is 0 Å². The molecule has 2 aromatic rings. The number of nitrogens with zero attached hydrogens (tertiary/aromatic N) is 3. The molecule has 0 unspecified atom stereocenters. The fraction of sp³-hybridized carbons (Fsp3) is 0.440. The number of para-hydroxylation sites is 1. The highest BCUT2D eigenvalue weighted by atomic mass is 35.5. The van der Waals surface area contributed by atoms with Crippen molar-refractivity contribution in [2.45, 2.75) is 36.8 Å². The number of piperidine rings is 1. The summed E-state index contributed by atoms with van der Waals surface area (Å²) in [5.74, 6) is -2.96. The number of likely N-dealkylation sites (N-methyl/N-ethyl adjacent to an activating group) is 1. The number of carbonyl (C=O) groups excluding carboxylic acids is 4. The van der Waals surface area contributed by atoms with E-state index >= 15 is 0 Å². The number of halogens is 3. The Balaban J connectivity index is 1.66. The summed E-state index contributed by atoms with van der Waals surface area (Å²) in [6.45, 7) is -3.82. The van der Waals surface area contributed by atoms with Gasteiger partial charge in [0, 0.05) is 39.6 Å². The Bertz CT molecular complexity index is 1470. The van der Waals surface area contributed by atoms with Crippen LogP contribution in [0.5, 0.6) is 5.75 Å². The molecule has 1 aromatic carbocycles. The minimum absolute atomic E-state index is 0.0973. The number of hydrogen-bond acceptors (Lipinski definition) is 8. The number of rotatable bonds is 10. The van der Waals surface area contributed by atoms with E-state index in [2.05, 4.69) is 14.8 Å². The van der Waals surface area contributed by atoms with Crippen molar-refractivity contribution in [3.8, 4) is 5.75 Å². The molecule has 42 heavy (non-hydrogen) atoms. The van der Waals surface area contributed by atoms with Crippen molar-refractivity contribution in [1.29, 1.82) is 0 Å². The molecule has 0 radical (unpaired) electrons. The maximum atomic E-state index is 13.7. The van der Waals surface area contributed by atoms with Gasteiger partial charge in [-0.15, -0.1) is 11.3 Å². The minimum Gasteiger partial charge on any atom is -0.431 e. The Labute approximate surface area is 249 Å². The van der Waals surface area contributed by atoms with Crippen LogP contribution < -0.4 is 19.7 Å². The molecule has 3 heterocycles. The summed E-state index contributed by atoms with van der Waals surface area (Å²) in [6, 6.07) is 4.87. The van der Waals surface area contributed by atoms with Gasteiger partial charge in [-0.25, -0.2) is 8.42 Å². The number of carbonyl (C=O) groups is 4. The summed E-state index contributed by atoms with van der Waals surface area (Å²) in [5.41, 5.74) is -0.154. The molecule has 0 spiro atoms. The SMILES string of the molecule is CN1CCN(C(=O)[C@H](CNC(=O)c2ccc(Cl)s2)NS(=O)(=O)c2cccc(N3CCCCC3=O)c2OC(F)F)CC1=O. The highest BCUT2D eigenvalue weighted by Crippen LogP contribution is 2.38. The topological polar surface area (TPSA) is 145 Å². The fourth-order valence-electron chi connectivity index (χ4n) is 4.51. The van der Waals surface area contributed by atoms with Crippen molar-refractivity contribution in [2.75, 3.05) is 44.7 Å². The number of nitrogens with one attached hydrogen (secondary N) is 2. The van der Waals surface area contributed by atoms with Crippen LogP contribution in [0.2, 0.25) is 4.34 Å². The number of alkyl halides is 2. The van der Waals surface area contributed by atoms with E-state index in [-0.39, 0.29) is 55.0 Å². The number of ether oxygens (including phenoxy) is 1. The summed E-state index contributed by atoms with van der Waals surface area (Å²) >= 11 is 6.86. The first kappa shape index (κ1) is 31.6. The third-order valence-corrected chi connectivity index (χ3v) is 9.42. The zero-order valence-electron chi connectivity index (χ0n) is 22.3. The molecule has 228 valence electrons. The Morgan fingerprint density at radius 1 is 1.10 bits per heavy atom. The van der Waals surface area contributed by atoms with Gasteiger partial charge in [-0.3, -0.25) is 19.2 Å². The van der Waals surface area contributed by atoms with Crippen molar-refractivity contribution in [1.82, 2.24) is 19.8 Å². The third-order valence-electron chi connectivity index (χ3n) is 6.70. The zero-order valence-corrected chi connectivity index (χ0v) is 24.7. The number of anilines is 1. The predicted octanol–water partition coefficient (Wildman–Crippen LogP) is 1.90. The molecular formula is C25H28ClF2N5O7S2. The van der Waals surface area contributed by atoms with Crippen LogP contribution in [0.4, 0.5) is 14.5 Å². The maximum Gasteiger partial charge on any atom is 0.387 e. The molecule has 0 aliphatic carbocycles. The number of thiophene rings is 1. The fourth-order valence-corrected chi connectivity index (χ4v) is 6.81. The van der Waals surface area contributed by atoms with E-state index < -0.39 is 51.7 Å². The average molecular weight is 648 g/mol. The normalized spacial score (nSPS) is 17.0. The van der Waals surface area contributed by atoms with Gasteiger partial charge in [0.1, 0.15) is 10.9 Å². The number of amides is 4. The monoisotopic (exact) mass is 647 g/mol. The Hall–Kier alpha value is -3.34. The molecule has 2 aliphatic heterocycles. The standard InChI is InChI=1S/C25H28ClF2N5O7S2/c1-31-11-12-32(14-21(31)35)24(37)15(13-29-23(36)17-8-9-19(26)41-17)30-42(38,39)18-6-4-5-16(22(18)40-25(27)28)33-10-3-2-7-20(33)34/h4-6,8-9,15,25,30H,2-3,7,10-14H2,1H3,(H,29,36)/t15-/m0/s1. The van der Waals surface area contributed by atoms with E-state index in [1.165, 1.54) is 34.1 Å². The number of sulfonamides is 1. The summed E-state index contributed by atoms with van der Waals surface area (Å²) in [6.07, 6.45) is 1.32. The van der Waals surface area contributed by atoms with Gasteiger partial charge in [0.25, 0.3) is 5.91 Å².